The second kappa shape index (κ2) is 6.29. The summed E-state index contributed by atoms with van der Waals surface area (Å²) < 4.78 is 0. The minimum absolute atomic E-state index is 0.510. The Hall–Kier alpha value is -2.60. The van der Waals surface area contributed by atoms with Gasteiger partial charge in [-0.1, -0.05) is 0 Å². The highest BCUT2D eigenvalue weighted by Crippen LogP contribution is 2.40. The molecule has 0 saturated carbocycles. The highest BCUT2D eigenvalue weighted by atomic mass is 15.1. The molecule has 26 heavy (non-hydrogen) atoms. The zero-order valence-electron chi connectivity index (χ0n) is 14.7. The third-order valence-electron chi connectivity index (χ3n) is 5.93. The van der Waals surface area contributed by atoms with Crippen LogP contribution >= 0.6 is 0 Å². The molecule has 3 aromatic heterocycles. The lowest BCUT2D eigenvalue weighted by Crippen LogP contribution is -2.41. The maximum absolute atomic E-state index is 4.78. The maximum Gasteiger partial charge on any atom is 0.116 e. The fourth-order valence-electron chi connectivity index (χ4n) is 4.34. The first-order valence-corrected chi connectivity index (χ1v) is 9.30. The van der Waals surface area contributed by atoms with Crippen molar-refractivity contribution >= 4 is 16.6 Å². The van der Waals surface area contributed by atoms with E-state index >= 15 is 0 Å². The van der Waals surface area contributed by atoms with Crippen molar-refractivity contribution in [1.82, 2.24) is 25.3 Å². The van der Waals surface area contributed by atoms with Crippen molar-refractivity contribution in [3.8, 4) is 11.4 Å². The molecule has 0 aliphatic carbocycles. The quantitative estimate of drug-likeness (QED) is 0.769. The van der Waals surface area contributed by atoms with E-state index in [1.165, 1.54) is 43.4 Å². The Kier molecular flexibility index (Phi) is 3.78. The van der Waals surface area contributed by atoms with Gasteiger partial charge in [0.2, 0.25) is 0 Å². The van der Waals surface area contributed by atoms with Crippen molar-refractivity contribution in [1.29, 1.82) is 0 Å². The molecule has 0 bridgehead atoms. The summed E-state index contributed by atoms with van der Waals surface area (Å²) in [6.45, 7) is 4.52. The van der Waals surface area contributed by atoms with E-state index in [-0.39, 0.29) is 0 Å². The van der Waals surface area contributed by atoms with Gasteiger partial charge in [-0.15, -0.1) is 0 Å². The van der Waals surface area contributed by atoms with Gasteiger partial charge in [0, 0.05) is 43.1 Å². The van der Waals surface area contributed by atoms with Crippen LogP contribution in [0.2, 0.25) is 0 Å². The first kappa shape index (κ1) is 15.6. The summed E-state index contributed by atoms with van der Waals surface area (Å²) in [6, 6.07) is 6.15. The van der Waals surface area contributed by atoms with Gasteiger partial charge in [0.1, 0.15) is 6.33 Å². The molecule has 2 aliphatic rings. The molecule has 1 N–H and O–H groups in total. The summed E-state index contributed by atoms with van der Waals surface area (Å²) in [4.78, 5) is 20.0. The molecular formula is C20H22N6. The molecule has 6 nitrogen and oxygen atoms in total. The summed E-state index contributed by atoms with van der Waals surface area (Å²) in [5.74, 6) is 0. The van der Waals surface area contributed by atoms with Crippen LogP contribution in [0, 0.1) is 5.41 Å². The molecule has 1 spiro atoms. The smallest absolute Gasteiger partial charge is 0.116 e. The van der Waals surface area contributed by atoms with Crippen molar-refractivity contribution in [2.24, 2.45) is 5.41 Å². The van der Waals surface area contributed by atoms with Crippen LogP contribution in [0.1, 0.15) is 19.3 Å². The molecule has 2 aliphatic heterocycles. The number of anilines is 1. The normalized spacial score (nSPS) is 19.3. The predicted molar refractivity (Wildman–Crippen MR) is 102 cm³/mol. The lowest BCUT2D eigenvalue weighted by molar-refractivity contribution is 0.247. The molecule has 0 atom stereocenters. The average Bonchev–Trinajstić information content (AvgIpc) is 3.16. The van der Waals surface area contributed by atoms with E-state index in [0.29, 0.717) is 5.41 Å². The van der Waals surface area contributed by atoms with Gasteiger partial charge in [-0.05, 0) is 49.4 Å². The zero-order valence-corrected chi connectivity index (χ0v) is 14.7. The minimum Gasteiger partial charge on any atom is -0.371 e. The van der Waals surface area contributed by atoms with E-state index in [0.717, 1.165) is 30.0 Å². The van der Waals surface area contributed by atoms with Crippen molar-refractivity contribution in [2.45, 2.75) is 19.3 Å². The molecule has 0 aromatic carbocycles. The summed E-state index contributed by atoms with van der Waals surface area (Å²) in [5, 5.41) is 4.71. The van der Waals surface area contributed by atoms with Gasteiger partial charge in [0.15, 0.2) is 0 Å². The van der Waals surface area contributed by atoms with Crippen LogP contribution in [-0.4, -0.2) is 46.1 Å². The number of pyridine rings is 2. The highest BCUT2D eigenvalue weighted by molar-refractivity contribution is 5.93. The topological polar surface area (TPSA) is 66.8 Å². The van der Waals surface area contributed by atoms with Gasteiger partial charge in [-0.25, -0.2) is 15.0 Å². The SMILES string of the molecule is c1cc(-c2cc(N3CCC4(CCNC4)CC3)c3ccncc3n2)ncn1. The summed E-state index contributed by atoms with van der Waals surface area (Å²) in [7, 11) is 0. The van der Waals surface area contributed by atoms with E-state index in [2.05, 4.69) is 37.3 Å². The predicted octanol–water partition coefficient (Wildman–Crippen LogP) is 2.67. The van der Waals surface area contributed by atoms with Crippen molar-refractivity contribution < 1.29 is 0 Å². The van der Waals surface area contributed by atoms with Gasteiger partial charge >= 0.3 is 0 Å². The van der Waals surface area contributed by atoms with Gasteiger partial charge in [0.25, 0.3) is 0 Å². The summed E-state index contributed by atoms with van der Waals surface area (Å²) in [6.07, 6.45) is 10.8. The van der Waals surface area contributed by atoms with Crippen LogP contribution in [0.3, 0.4) is 0 Å². The number of hydrogen-bond donors (Lipinski definition) is 1. The van der Waals surface area contributed by atoms with Crippen LogP contribution in [0.5, 0.6) is 0 Å². The van der Waals surface area contributed by atoms with Gasteiger partial charge < -0.3 is 10.2 Å². The number of aromatic nitrogens is 4. The van der Waals surface area contributed by atoms with Crippen LogP contribution < -0.4 is 10.2 Å². The fourth-order valence-corrected chi connectivity index (χ4v) is 4.34. The Morgan fingerprint density at radius 3 is 2.65 bits per heavy atom. The van der Waals surface area contributed by atoms with E-state index in [4.69, 9.17) is 4.98 Å². The third kappa shape index (κ3) is 2.70. The lowest BCUT2D eigenvalue weighted by atomic mass is 9.77. The van der Waals surface area contributed by atoms with E-state index in [1.54, 1.807) is 12.5 Å². The maximum atomic E-state index is 4.78. The number of rotatable bonds is 2. The molecule has 0 amide bonds. The molecule has 132 valence electrons. The Balaban J connectivity index is 1.54. The standard InChI is InChI=1S/C20H22N6/c1-6-21-12-18-15(1)19(11-17(25-18)16-2-7-23-14-24-16)26-9-4-20(5-10-26)3-8-22-13-20/h1-2,6-7,11-12,14,22H,3-5,8-10,13H2. The largest absolute Gasteiger partial charge is 0.371 e. The fraction of sp³-hybridized carbons (Fsp3) is 0.400. The number of hydrogen-bond acceptors (Lipinski definition) is 6. The van der Waals surface area contributed by atoms with Crippen LogP contribution in [-0.2, 0) is 0 Å². The van der Waals surface area contributed by atoms with Crippen molar-refractivity contribution in [2.75, 3.05) is 31.1 Å². The van der Waals surface area contributed by atoms with E-state index in [9.17, 15) is 0 Å². The second-order valence-electron chi connectivity index (χ2n) is 7.43. The van der Waals surface area contributed by atoms with E-state index < -0.39 is 0 Å². The molecule has 5 rings (SSSR count). The van der Waals surface area contributed by atoms with Crippen LogP contribution in [0.25, 0.3) is 22.3 Å². The second-order valence-corrected chi connectivity index (χ2v) is 7.43. The van der Waals surface area contributed by atoms with Crippen LogP contribution in [0.15, 0.2) is 43.1 Å². The molecule has 3 aromatic rings. The van der Waals surface area contributed by atoms with Crippen molar-refractivity contribution in [3.05, 3.63) is 43.1 Å². The third-order valence-corrected chi connectivity index (χ3v) is 5.93. The van der Waals surface area contributed by atoms with Gasteiger partial charge in [-0.2, -0.15) is 0 Å². The molecule has 2 fully saturated rings. The summed E-state index contributed by atoms with van der Waals surface area (Å²) >= 11 is 0. The first-order chi connectivity index (χ1) is 12.8. The monoisotopic (exact) mass is 346 g/mol. The van der Waals surface area contributed by atoms with Gasteiger partial charge in [0.05, 0.1) is 23.1 Å². The first-order valence-electron chi connectivity index (χ1n) is 9.30. The molecule has 0 radical (unpaired) electrons. The Morgan fingerprint density at radius 1 is 1.00 bits per heavy atom. The number of nitrogens with zero attached hydrogens (tertiary/aromatic N) is 5. The number of nitrogens with one attached hydrogen (secondary N) is 1. The lowest BCUT2D eigenvalue weighted by Gasteiger charge is -2.40. The number of piperidine rings is 1. The molecule has 6 heteroatoms. The molecule has 5 heterocycles. The Bertz CT molecular complexity index is 910. The molecule has 0 unspecified atom stereocenters. The van der Waals surface area contributed by atoms with Gasteiger partial charge in [-0.3, -0.25) is 4.98 Å². The Morgan fingerprint density at radius 2 is 1.88 bits per heavy atom. The number of fused-ring (bicyclic) bond motifs is 1. The van der Waals surface area contributed by atoms with Crippen molar-refractivity contribution in [3.63, 3.8) is 0 Å². The highest BCUT2D eigenvalue weighted by Gasteiger charge is 2.37. The molecular weight excluding hydrogens is 324 g/mol. The molecule has 2 saturated heterocycles. The zero-order chi connectivity index (χ0) is 17.4. The minimum atomic E-state index is 0.510. The van der Waals surface area contributed by atoms with E-state index in [1.807, 2.05) is 18.5 Å². The Labute approximate surface area is 152 Å². The summed E-state index contributed by atoms with van der Waals surface area (Å²) in [5.41, 5.74) is 4.40. The average molecular weight is 346 g/mol. The van der Waals surface area contributed by atoms with Crippen LogP contribution in [0.4, 0.5) is 5.69 Å².